The van der Waals surface area contributed by atoms with Crippen LogP contribution in [0.5, 0.6) is 11.8 Å². The lowest BCUT2D eigenvalue weighted by Gasteiger charge is -2.17. The fourth-order valence-electron chi connectivity index (χ4n) is 2.23. The van der Waals surface area contributed by atoms with Crippen molar-refractivity contribution in [2.75, 3.05) is 6.61 Å². The molecule has 1 aliphatic heterocycles. The van der Waals surface area contributed by atoms with Crippen molar-refractivity contribution in [3.8, 4) is 11.8 Å². The van der Waals surface area contributed by atoms with Crippen LogP contribution in [0, 0.1) is 12.7 Å². The van der Waals surface area contributed by atoms with E-state index in [2.05, 4.69) is 9.97 Å². The Morgan fingerprint density at radius 3 is 2.74 bits per heavy atom. The molecule has 0 N–H and O–H groups in total. The lowest BCUT2D eigenvalue weighted by Crippen LogP contribution is -2.30. The number of carbonyl (C=O) groups excluding carboxylic acids is 1. The highest BCUT2D eigenvalue weighted by molar-refractivity contribution is 5.69. The van der Waals surface area contributed by atoms with E-state index in [1.165, 1.54) is 12.1 Å². The first-order valence-electron chi connectivity index (χ1n) is 7.21. The Hall–Kier alpha value is -2.70. The molecule has 1 aromatic carbocycles. The number of aryl methyl sites for hydroxylation is 1. The highest BCUT2D eigenvalue weighted by atomic mass is 19.1. The molecule has 1 fully saturated rings. The maximum atomic E-state index is 13.7. The van der Waals surface area contributed by atoms with Gasteiger partial charge in [0, 0.05) is 18.0 Å². The smallest absolute Gasteiger partial charge is 0.410 e. The molecule has 0 unspecified atom stereocenters. The number of aromatic nitrogens is 2. The Morgan fingerprint density at radius 2 is 2.13 bits per heavy atom. The molecule has 0 radical (unpaired) electrons. The molecular weight excluding hydrogens is 301 g/mol. The van der Waals surface area contributed by atoms with Crippen LogP contribution in [-0.4, -0.2) is 33.6 Å². The minimum atomic E-state index is -0.466. The summed E-state index contributed by atoms with van der Waals surface area (Å²) in [5, 5.41) is 0. The van der Waals surface area contributed by atoms with Crippen molar-refractivity contribution >= 4 is 6.09 Å². The zero-order valence-corrected chi connectivity index (χ0v) is 12.8. The number of halogens is 1. The van der Waals surface area contributed by atoms with E-state index >= 15 is 0 Å². The average Bonchev–Trinajstić information content (AvgIpc) is 2.84. The minimum Gasteiger partial charge on any atom is -0.447 e. The molecule has 2 aromatic rings. The molecule has 2 heterocycles. The van der Waals surface area contributed by atoms with Crippen molar-refractivity contribution in [2.24, 2.45) is 0 Å². The van der Waals surface area contributed by atoms with E-state index in [-0.39, 0.29) is 23.9 Å². The van der Waals surface area contributed by atoms with Crippen LogP contribution >= 0.6 is 0 Å². The maximum Gasteiger partial charge on any atom is 0.410 e. The summed E-state index contributed by atoms with van der Waals surface area (Å²) in [6, 6.07) is 4.72. The summed E-state index contributed by atoms with van der Waals surface area (Å²) in [6.45, 7) is 4.44. The number of amides is 1. The van der Waals surface area contributed by atoms with Crippen LogP contribution in [0.1, 0.15) is 18.1 Å². The summed E-state index contributed by atoms with van der Waals surface area (Å²) < 4.78 is 24.0. The molecule has 1 amide bonds. The Bertz CT molecular complexity index is 721. The van der Waals surface area contributed by atoms with E-state index in [1.54, 1.807) is 30.3 Å². The van der Waals surface area contributed by atoms with Crippen molar-refractivity contribution in [3.63, 3.8) is 0 Å². The van der Waals surface area contributed by atoms with Crippen LogP contribution in [0.2, 0.25) is 0 Å². The van der Waals surface area contributed by atoms with Gasteiger partial charge < -0.3 is 9.47 Å². The molecule has 1 atom stereocenters. The van der Waals surface area contributed by atoms with Gasteiger partial charge in [0.2, 0.25) is 0 Å². The quantitative estimate of drug-likeness (QED) is 0.867. The van der Waals surface area contributed by atoms with Crippen molar-refractivity contribution < 1.29 is 18.7 Å². The molecule has 1 saturated heterocycles. The van der Waals surface area contributed by atoms with Crippen molar-refractivity contribution in [3.05, 3.63) is 47.5 Å². The lowest BCUT2D eigenvalue weighted by atomic mass is 10.2. The summed E-state index contributed by atoms with van der Waals surface area (Å²) in [5.41, 5.74) is 1.55. The molecule has 1 aromatic heterocycles. The molecule has 1 aliphatic rings. The molecule has 7 heteroatoms. The first kappa shape index (κ1) is 15.2. The van der Waals surface area contributed by atoms with Gasteiger partial charge in [-0.2, -0.15) is 0 Å². The average molecular weight is 317 g/mol. The number of nitrogens with zero attached hydrogens (tertiary/aromatic N) is 3. The molecule has 6 nitrogen and oxygen atoms in total. The second-order valence-corrected chi connectivity index (χ2v) is 5.46. The Morgan fingerprint density at radius 1 is 1.39 bits per heavy atom. The van der Waals surface area contributed by atoms with Crippen LogP contribution in [-0.2, 0) is 11.3 Å². The summed E-state index contributed by atoms with van der Waals surface area (Å²) in [5.74, 6) is -0.397. The van der Waals surface area contributed by atoms with E-state index in [4.69, 9.17) is 9.47 Å². The SMILES string of the molecule is Cc1ccc(Oc2ncc(CN3C(=O)OC[C@@H]3C)cn2)c(F)c1. The van der Waals surface area contributed by atoms with Crippen molar-refractivity contribution in [2.45, 2.75) is 26.4 Å². The summed E-state index contributed by atoms with van der Waals surface area (Å²) in [7, 11) is 0. The third kappa shape index (κ3) is 3.39. The number of ether oxygens (including phenoxy) is 2. The predicted molar refractivity (Wildman–Crippen MR) is 79.6 cm³/mol. The van der Waals surface area contributed by atoms with Gasteiger partial charge in [0.15, 0.2) is 11.6 Å². The number of cyclic esters (lactones) is 1. The summed E-state index contributed by atoms with van der Waals surface area (Å²) in [6.07, 6.45) is 2.75. The van der Waals surface area contributed by atoms with Crippen molar-refractivity contribution in [1.82, 2.24) is 14.9 Å². The number of rotatable bonds is 4. The van der Waals surface area contributed by atoms with Crippen LogP contribution in [0.4, 0.5) is 9.18 Å². The van der Waals surface area contributed by atoms with E-state index < -0.39 is 5.82 Å². The second-order valence-electron chi connectivity index (χ2n) is 5.46. The first-order valence-corrected chi connectivity index (χ1v) is 7.21. The van der Waals surface area contributed by atoms with Gasteiger partial charge in [-0.3, -0.25) is 4.90 Å². The first-order chi connectivity index (χ1) is 11.0. The predicted octanol–water partition coefficient (Wildman–Crippen LogP) is 3.06. The Kier molecular flexibility index (Phi) is 4.10. The third-order valence-corrected chi connectivity index (χ3v) is 3.54. The van der Waals surface area contributed by atoms with Gasteiger partial charge >= 0.3 is 12.1 Å². The third-order valence-electron chi connectivity index (χ3n) is 3.54. The number of carbonyl (C=O) groups is 1. The monoisotopic (exact) mass is 317 g/mol. The number of hydrogen-bond acceptors (Lipinski definition) is 5. The highest BCUT2D eigenvalue weighted by Crippen LogP contribution is 2.23. The van der Waals surface area contributed by atoms with Gasteiger partial charge in [-0.1, -0.05) is 6.07 Å². The molecule has 120 valence electrons. The highest BCUT2D eigenvalue weighted by Gasteiger charge is 2.29. The minimum absolute atomic E-state index is 0.0140. The van der Waals surface area contributed by atoms with Crippen LogP contribution in [0.25, 0.3) is 0 Å². The molecule has 3 rings (SSSR count). The van der Waals surface area contributed by atoms with Crippen LogP contribution in [0.15, 0.2) is 30.6 Å². The number of benzene rings is 1. The zero-order valence-electron chi connectivity index (χ0n) is 12.8. The van der Waals surface area contributed by atoms with Crippen LogP contribution in [0.3, 0.4) is 0 Å². The van der Waals surface area contributed by atoms with Gasteiger partial charge in [0.25, 0.3) is 0 Å². The molecule has 23 heavy (non-hydrogen) atoms. The van der Waals surface area contributed by atoms with Gasteiger partial charge in [0.05, 0.1) is 12.6 Å². The van der Waals surface area contributed by atoms with E-state index in [9.17, 15) is 9.18 Å². The van der Waals surface area contributed by atoms with Crippen LogP contribution < -0.4 is 4.74 Å². The summed E-state index contributed by atoms with van der Waals surface area (Å²) in [4.78, 5) is 21.3. The standard InChI is InChI=1S/C16H16FN3O3/c1-10-3-4-14(13(17)5-10)23-15-18-6-12(7-19-15)8-20-11(2)9-22-16(20)21/h3-7,11H,8-9H2,1-2H3/t11-/m0/s1. The summed E-state index contributed by atoms with van der Waals surface area (Å²) >= 11 is 0. The van der Waals surface area contributed by atoms with Crippen molar-refractivity contribution in [1.29, 1.82) is 0 Å². The zero-order chi connectivity index (χ0) is 16.4. The van der Waals surface area contributed by atoms with E-state index in [0.29, 0.717) is 13.2 Å². The maximum absolute atomic E-state index is 13.7. The topological polar surface area (TPSA) is 64.5 Å². The second kappa shape index (κ2) is 6.20. The van der Waals surface area contributed by atoms with Gasteiger partial charge in [-0.15, -0.1) is 0 Å². The molecule has 0 aliphatic carbocycles. The molecule has 0 spiro atoms. The fraction of sp³-hybridized carbons (Fsp3) is 0.312. The van der Waals surface area contributed by atoms with E-state index in [0.717, 1.165) is 11.1 Å². The molecule has 0 saturated carbocycles. The van der Waals surface area contributed by atoms with E-state index in [1.807, 2.05) is 6.92 Å². The van der Waals surface area contributed by atoms with Gasteiger partial charge in [-0.05, 0) is 31.5 Å². The molecular formula is C16H16FN3O3. The largest absolute Gasteiger partial charge is 0.447 e. The van der Waals surface area contributed by atoms with Gasteiger partial charge in [0.1, 0.15) is 6.61 Å². The normalized spacial score (nSPS) is 17.3. The Labute approximate surface area is 132 Å². The fourth-order valence-corrected chi connectivity index (χ4v) is 2.23. The molecule has 0 bridgehead atoms. The lowest BCUT2D eigenvalue weighted by molar-refractivity contribution is 0.156. The number of hydrogen-bond donors (Lipinski definition) is 0. The Balaban J connectivity index is 1.68. The van der Waals surface area contributed by atoms with Gasteiger partial charge in [-0.25, -0.2) is 19.2 Å².